The van der Waals surface area contributed by atoms with Gasteiger partial charge in [-0.05, 0) is 18.0 Å². The second-order valence-corrected chi connectivity index (χ2v) is 7.32. The van der Waals surface area contributed by atoms with Crippen molar-refractivity contribution >= 4 is 11.8 Å². The van der Waals surface area contributed by atoms with E-state index in [1.54, 1.807) is 0 Å². The van der Waals surface area contributed by atoms with Crippen molar-refractivity contribution in [3.8, 4) is 0 Å². The lowest BCUT2D eigenvalue weighted by Crippen LogP contribution is -2.50. The summed E-state index contributed by atoms with van der Waals surface area (Å²) in [5, 5.41) is 13.4. The van der Waals surface area contributed by atoms with Gasteiger partial charge in [-0.25, -0.2) is 9.38 Å². The van der Waals surface area contributed by atoms with Crippen LogP contribution in [0.3, 0.4) is 0 Å². The van der Waals surface area contributed by atoms with Gasteiger partial charge in [0.1, 0.15) is 17.3 Å². The SMILES string of the molecule is C=C1N=C(N)C=CN1[C@@H]1O[C@@](CO)(CN=[N+]=[N-])[C@@H](OC(=O)CCCCCCC)[C@H]1F. The molecule has 0 aliphatic carbocycles. The van der Waals surface area contributed by atoms with Crippen LogP contribution in [0, 0.1) is 0 Å². The van der Waals surface area contributed by atoms with Crippen LogP contribution in [0.5, 0.6) is 0 Å². The van der Waals surface area contributed by atoms with Crippen molar-refractivity contribution in [2.45, 2.75) is 69.6 Å². The summed E-state index contributed by atoms with van der Waals surface area (Å²) >= 11 is 0. The monoisotopic (exact) mass is 424 g/mol. The molecule has 0 aromatic rings. The molecule has 4 atom stereocenters. The third kappa shape index (κ3) is 5.50. The van der Waals surface area contributed by atoms with Crippen LogP contribution in [0.15, 0.2) is 34.8 Å². The first-order valence-electron chi connectivity index (χ1n) is 10.0. The Kier molecular flexibility index (Phi) is 8.64. The van der Waals surface area contributed by atoms with E-state index >= 15 is 4.39 Å². The van der Waals surface area contributed by atoms with E-state index in [0.717, 1.165) is 25.7 Å². The Morgan fingerprint density at radius 3 is 2.90 bits per heavy atom. The summed E-state index contributed by atoms with van der Waals surface area (Å²) < 4.78 is 26.6. The molecule has 30 heavy (non-hydrogen) atoms. The van der Waals surface area contributed by atoms with Gasteiger partial charge in [-0.3, -0.25) is 4.79 Å². The summed E-state index contributed by atoms with van der Waals surface area (Å²) in [6.45, 7) is 4.68. The molecule has 0 radical (unpaired) electrons. The van der Waals surface area contributed by atoms with Gasteiger partial charge in [0.15, 0.2) is 18.5 Å². The highest BCUT2D eigenvalue weighted by Crippen LogP contribution is 2.39. The number of carbonyl (C=O) groups excluding carboxylic acids is 1. The van der Waals surface area contributed by atoms with Gasteiger partial charge in [-0.2, -0.15) is 0 Å². The normalized spacial score (nSPS) is 28.2. The van der Waals surface area contributed by atoms with E-state index in [9.17, 15) is 9.90 Å². The highest BCUT2D eigenvalue weighted by atomic mass is 19.1. The van der Waals surface area contributed by atoms with Crippen molar-refractivity contribution in [1.82, 2.24) is 4.90 Å². The Balaban J connectivity index is 2.15. The van der Waals surface area contributed by atoms with Crippen molar-refractivity contribution in [2.24, 2.45) is 15.8 Å². The smallest absolute Gasteiger partial charge is 0.306 e. The number of carbonyl (C=O) groups is 1. The molecule has 2 rings (SSSR count). The molecular weight excluding hydrogens is 395 g/mol. The summed E-state index contributed by atoms with van der Waals surface area (Å²) in [4.78, 5) is 20.3. The van der Waals surface area contributed by atoms with Crippen molar-refractivity contribution in [3.63, 3.8) is 0 Å². The van der Waals surface area contributed by atoms with Crippen molar-refractivity contribution < 1.29 is 23.8 Å². The molecule has 166 valence electrons. The van der Waals surface area contributed by atoms with Gasteiger partial charge < -0.3 is 25.2 Å². The number of aliphatic hydroxyl groups is 1. The van der Waals surface area contributed by atoms with Crippen LogP contribution in [-0.2, 0) is 14.3 Å². The molecule has 0 saturated carbocycles. The molecule has 11 heteroatoms. The molecule has 1 saturated heterocycles. The van der Waals surface area contributed by atoms with Crippen LogP contribution in [0.2, 0.25) is 0 Å². The second kappa shape index (κ2) is 11.0. The number of amidine groups is 1. The van der Waals surface area contributed by atoms with Crippen LogP contribution in [-0.4, -0.2) is 59.1 Å². The Labute approximate surface area is 174 Å². The number of unbranched alkanes of at least 4 members (excludes halogenated alkanes) is 4. The molecule has 2 aliphatic heterocycles. The van der Waals surface area contributed by atoms with Gasteiger partial charge in [0.05, 0.1) is 13.2 Å². The van der Waals surface area contributed by atoms with E-state index in [4.69, 9.17) is 20.7 Å². The number of rotatable bonds is 11. The predicted molar refractivity (Wildman–Crippen MR) is 109 cm³/mol. The second-order valence-electron chi connectivity index (χ2n) is 7.32. The minimum Gasteiger partial charge on any atom is -0.456 e. The molecule has 0 aromatic carbocycles. The predicted octanol–water partition coefficient (Wildman–Crippen LogP) is 2.65. The Hall–Kier alpha value is -2.62. The summed E-state index contributed by atoms with van der Waals surface area (Å²) in [5.41, 5.74) is 12.6. The van der Waals surface area contributed by atoms with E-state index in [1.807, 2.05) is 0 Å². The highest BCUT2D eigenvalue weighted by molar-refractivity contribution is 5.92. The lowest BCUT2D eigenvalue weighted by molar-refractivity contribution is -0.167. The topological polar surface area (TPSA) is 146 Å². The first-order chi connectivity index (χ1) is 14.4. The molecule has 3 N–H and O–H groups in total. The number of aliphatic hydroxyl groups excluding tert-OH is 1. The first kappa shape index (κ1) is 23.7. The fraction of sp³-hybridized carbons (Fsp3) is 0.684. The average molecular weight is 424 g/mol. The number of nitrogens with two attached hydrogens (primary N) is 1. The maximum Gasteiger partial charge on any atom is 0.306 e. The van der Waals surface area contributed by atoms with Gasteiger partial charge in [0.25, 0.3) is 0 Å². The fourth-order valence-corrected chi connectivity index (χ4v) is 3.44. The number of hydrogen-bond donors (Lipinski definition) is 2. The summed E-state index contributed by atoms with van der Waals surface area (Å²) in [6.07, 6.45) is 3.04. The minimum absolute atomic E-state index is 0.123. The van der Waals surface area contributed by atoms with Crippen molar-refractivity contribution in [3.05, 3.63) is 35.1 Å². The number of alkyl halides is 1. The Morgan fingerprint density at radius 1 is 1.53 bits per heavy atom. The molecule has 0 unspecified atom stereocenters. The zero-order valence-electron chi connectivity index (χ0n) is 17.1. The van der Waals surface area contributed by atoms with Gasteiger partial charge in [-0.15, -0.1) is 0 Å². The third-order valence-corrected chi connectivity index (χ3v) is 5.08. The van der Waals surface area contributed by atoms with Crippen molar-refractivity contribution in [1.29, 1.82) is 0 Å². The Morgan fingerprint density at radius 2 is 2.27 bits per heavy atom. The average Bonchev–Trinajstić information content (AvgIpc) is 2.98. The number of ether oxygens (including phenoxy) is 2. The molecule has 0 aromatic heterocycles. The minimum atomic E-state index is -1.86. The maximum atomic E-state index is 15.4. The summed E-state index contributed by atoms with van der Waals surface area (Å²) in [6, 6.07) is 0. The number of aliphatic imine (C=N–C) groups is 1. The summed E-state index contributed by atoms with van der Waals surface area (Å²) in [7, 11) is 0. The standard InChI is InChI=1S/C19H29FN6O4/c1-3-4-5-6-7-8-15(28)29-17-16(20)18(26-10-9-14(21)24-13(26)2)30-19(17,12-27)11-23-25-22/h9-10,16-18,27H,2-8,11-12H2,1H3,(H2,21,24)/t16-,17+,18-,19-/m1/s1. The van der Waals surface area contributed by atoms with Crippen LogP contribution in [0.4, 0.5) is 4.39 Å². The molecule has 0 spiro atoms. The van der Waals surface area contributed by atoms with E-state index in [0.29, 0.717) is 6.42 Å². The summed E-state index contributed by atoms with van der Waals surface area (Å²) in [5.74, 6) is -0.281. The fourth-order valence-electron chi connectivity index (χ4n) is 3.44. The Bertz CT molecular complexity index is 739. The molecule has 1 fully saturated rings. The molecule has 0 amide bonds. The lowest BCUT2D eigenvalue weighted by atomic mass is 9.96. The van der Waals surface area contributed by atoms with Gasteiger partial charge >= 0.3 is 5.97 Å². The van der Waals surface area contributed by atoms with E-state index in [-0.39, 0.29) is 18.1 Å². The van der Waals surface area contributed by atoms with Crippen LogP contribution < -0.4 is 5.73 Å². The first-order valence-corrected chi connectivity index (χ1v) is 10.0. The van der Waals surface area contributed by atoms with Crippen LogP contribution >= 0.6 is 0 Å². The molecule has 0 bridgehead atoms. The van der Waals surface area contributed by atoms with Gasteiger partial charge in [0, 0.05) is 17.5 Å². The number of nitrogens with zero attached hydrogens (tertiary/aromatic N) is 5. The van der Waals surface area contributed by atoms with Gasteiger partial charge in [-0.1, -0.05) is 44.3 Å². The molecule has 10 nitrogen and oxygen atoms in total. The van der Waals surface area contributed by atoms with Gasteiger partial charge in [0.2, 0.25) is 0 Å². The molecule has 2 heterocycles. The van der Waals surface area contributed by atoms with Crippen LogP contribution in [0.25, 0.3) is 10.4 Å². The maximum absolute atomic E-state index is 15.4. The van der Waals surface area contributed by atoms with E-state index in [1.165, 1.54) is 17.2 Å². The molecule has 2 aliphatic rings. The zero-order chi connectivity index (χ0) is 22.1. The number of hydrogen-bond acceptors (Lipinski definition) is 8. The van der Waals surface area contributed by atoms with Crippen LogP contribution in [0.1, 0.15) is 45.4 Å². The highest BCUT2D eigenvalue weighted by Gasteiger charge is 2.59. The quantitative estimate of drug-likeness (QED) is 0.171. The van der Waals surface area contributed by atoms with Crippen molar-refractivity contribution in [2.75, 3.05) is 13.2 Å². The largest absolute Gasteiger partial charge is 0.456 e. The third-order valence-electron chi connectivity index (χ3n) is 5.08. The zero-order valence-corrected chi connectivity index (χ0v) is 17.1. The lowest BCUT2D eigenvalue weighted by Gasteiger charge is -2.32. The van der Waals surface area contributed by atoms with E-state index in [2.05, 4.69) is 28.5 Å². The molecular formula is C19H29FN6O4. The van der Waals surface area contributed by atoms with E-state index < -0.39 is 43.2 Å². The number of esters is 1. The number of halogens is 1. The number of azide groups is 1.